The Labute approximate surface area is 135 Å². The molecule has 0 unspecified atom stereocenters. The molecule has 0 radical (unpaired) electrons. The second-order valence-electron chi connectivity index (χ2n) is 5.17. The summed E-state index contributed by atoms with van der Waals surface area (Å²) in [4.78, 5) is 13.8. The minimum Gasteiger partial charge on any atom is -0.484 e. The van der Waals surface area contributed by atoms with E-state index in [9.17, 15) is 4.79 Å². The molecule has 0 atom stereocenters. The van der Waals surface area contributed by atoms with Crippen LogP contribution in [-0.4, -0.2) is 43.7 Å². The number of carbonyl (C=O) groups is 1. The zero-order valence-corrected chi connectivity index (χ0v) is 12.8. The van der Waals surface area contributed by atoms with Gasteiger partial charge in [0.2, 0.25) is 0 Å². The Bertz CT molecular complexity index is 638. The third-order valence-electron chi connectivity index (χ3n) is 3.51. The van der Waals surface area contributed by atoms with Crippen LogP contribution < -0.4 is 9.47 Å². The van der Waals surface area contributed by atoms with Crippen molar-refractivity contribution in [3.8, 4) is 17.2 Å². The Morgan fingerprint density at radius 3 is 2.43 bits per heavy atom. The number of ether oxygens (including phenoxy) is 3. The van der Waals surface area contributed by atoms with E-state index in [0.717, 1.165) is 5.75 Å². The summed E-state index contributed by atoms with van der Waals surface area (Å²) in [6, 6.07) is 16.8. The van der Waals surface area contributed by atoms with Gasteiger partial charge in [-0.2, -0.15) is 0 Å². The van der Waals surface area contributed by atoms with Crippen LogP contribution in [0.1, 0.15) is 0 Å². The molecule has 1 saturated heterocycles. The molecule has 1 heterocycles. The van der Waals surface area contributed by atoms with E-state index in [1.807, 2.05) is 48.5 Å². The van der Waals surface area contributed by atoms with E-state index in [1.165, 1.54) is 0 Å². The van der Waals surface area contributed by atoms with Crippen LogP contribution in [0.4, 0.5) is 0 Å². The van der Waals surface area contributed by atoms with Gasteiger partial charge >= 0.3 is 0 Å². The van der Waals surface area contributed by atoms with Crippen molar-refractivity contribution in [3.05, 3.63) is 54.6 Å². The predicted molar refractivity (Wildman–Crippen MR) is 85.9 cm³/mol. The molecule has 23 heavy (non-hydrogen) atoms. The number of para-hydroxylation sites is 1. The van der Waals surface area contributed by atoms with Gasteiger partial charge in [-0.15, -0.1) is 0 Å². The van der Waals surface area contributed by atoms with Crippen LogP contribution in [0.5, 0.6) is 17.2 Å². The molecule has 0 N–H and O–H groups in total. The van der Waals surface area contributed by atoms with Crippen molar-refractivity contribution in [1.82, 2.24) is 4.90 Å². The van der Waals surface area contributed by atoms with Crippen molar-refractivity contribution in [2.24, 2.45) is 0 Å². The van der Waals surface area contributed by atoms with Gasteiger partial charge in [0.1, 0.15) is 17.2 Å². The molecule has 0 spiro atoms. The summed E-state index contributed by atoms with van der Waals surface area (Å²) in [5.74, 6) is 2.02. The first-order chi connectivity index (χ1) is 11.3. The summed E-state index contributed by atoms with van der Waals surface area (Å²) < 4.78 is 16.6. The zero-order valence-electron chi connectivity index (χ0n) is 12.8. The standard InChI is InChI=1S/C18H19NO4/c20-18(19-9-11-21-12-10-19)14-22-16-7-4-8-17(13-16)23-15-5-2-1-3-6-15/h1-8,13H,9-12,14H2. The van der Waals surface area contributed by atoms with Crippen LogP contribution in [0.3, 0.4) is 0 Å². The van der Waals surface area contributed by atoms with Gasteiger partial charge in [-0.1, -0.05) is 24.3 Å². The second kappa shape index (κ2) is 7.65. The van der Waals surface area contributed by atoms with E-state index in [-0.39, 0.29) is 12.5 Å². The average Bonchev–Trinajstić information content (AvgIpc) is 2.62. The lowest BCUT2D eigenvalue weighted by molar-refractivity contribution is -0.137. The van der Waals surface area contributed by atoms with Crippen molar-refractivity contribution >= 4 is 5.91 Å². The Hall–Kier alpha value is -2.53. The van der Waals surface area contributed by atoms with Crippen molar-refractivity contribution < 1.29 is 19.0 Å². The monoisotopic (exact) mass is 313 g/mol. The van der Waals surface area contributed by atoms with E-state index < -0.39 is 0 Å². The summed E-state index contributed by atoms with van der Waals surface area (Å²) in [5.41, 5.74) is 0. The highest BCUT2D eigenvalue weighted by Gasteiger charge is 2.17. The number of carbonyl (C=O) groups excluding carboxylic acids is 1. The van der Waals surface area contributed by atoms with Crippen molar-refractivity contribution in [3.63, 3.8) is 0 Å². The van der Waals surface area contributed by atoms with Crippen LogP contribution in [0, 0.1) is 0 Å². The lowest BCUT2D eigenvalue weighted by Gasteiger charge is -2.26. The Morgan fingerprint density at radius 2 is 1.65 bits per heavy atom. The van der Waals surface area contributed by atoms with Crippen LogP contribution in [0.25, 0.3) is 0 Å². The highest BCUT2D eigenvalue weighted by molar-refractivity contribution is 5.77. The topological polar surface area (TPSA) is 48.0 Å². The van der Waals surface area contributed by atoms with E-state index in [1.54, 1.807) is 11.0 Å². The number of hydrogen-bond acceptors (Lipinski definition) is 4. The lowest BCUT2D eigenvalue weighted by atomic mass is 10.3. The van der Waals surface area contributed by atoms with Crippen molar-refractivity contribution in [1.29, 1.82) is 0 Å². The van der Waals surface area contributed by atoms with Gasteiger partial charge in [0.15, 0.2) is 6.61 Å². The minimum atomic E-state index is -0.0253. The fourth-order valence-electron chi connectivity index (χ4n) is 2.30. The van der Waals surface area contributed by atoms with E-state index in [0.29, 0.717) is 37.8 Å². The maximum Gasteiger partial charge on any atom is 0.260 e. The molecule has 0 bridgehead atoms. The first-order valence-electron chi connectivity index (χ1n) is 7.62. The summed E-state index contributed by atoms with van der Waals surface area (Å²) >= 11 is 0. The number of benzene rings is 2. The number of amides is 1. The molecule has 2 aromatic carbocycles. The largest absolute Gasteiger partial charge is 0.484 e. The maximum atomic E-state index is 12.1. The van der Waals surface area contributed by atoms with Crippen molar-refractivity contribution in [2.75, 3.05) is 32.9 Å². The van der Waals surface area contributed by atoms with E-state index in [2.05, 4.69) is 0 Å². The second-order valence-corrected chi connectivity index (χ2v) is 5.17. The van der Waals surface area contributed by atoms with Crippen LogP contribution in [0.2, 0.25) is 0 Å². The van der Waals surface area contributed by atoms with Gasteiger partial charge < -0.3 is 19.1 Å². The summed E-state index contributed by atoms with van der Waals surface area (Å²) in [7, 11) is 0. The maximum absolute atomic E-state index is 12.1. The molecule has 3 rings (SSSR count). The molecule has 1 aliphatic rings. The molecule has 0 saturated carbocycles. The van der Waals surface area contributed by atoms with Gasteiger partial charge in [0.05, 0.1) is 13.2 Å². The number of nitrogens with zero attached hydrogens (tertiary/aromatic N) is 1. The van der Waals surface area contributed by atoms with Crippen LogP contribution in [-0.2, 0) is 9.53 Å². The number of hydrogen-bond donors (Lipinski definition) is 0. The Morgan fingerprint density at radius 1 is 0.957 bits per heavy atom. The van der Waals surface area contributed by atoms with Gasteiger partial charge in [0, 0.05) is 19.2 Å². The first kappa shape index (κ1) is 15.4. The van der Waals surface area contributed by atoms with Crippen LogP contribution >= 0.6 is 0 Å². The summed E-state index contributed by atoms with van der Waals surface area (Å²) in [5, 5.41) is 0. The van der Waals surface area contributed by atoms with Gasteiger partial charge in [-0.3, -0.25) is 4.79 Å². The third-order valence-corrected chi connectivity index (χ3v) is 3.51. The number of morpholine rings is 1. The Kier molecular flexibility index (Phi) is 5.11. The van der Waals surface area contributed by atoms with E-state index >= 15 is 0 Å². The quantitative estimate of drug-likeness (QED) is 0.851. The predicted octanol–water partition coefficient (Wildman–Crippen LogP) is 2.72. The molecule has 1 fully saturated rings. The van der Waals surface area contributed by atoms with Crippen LogP contribution in [0.15, 0.2) is 54.6 Å². The lowest BCUT2D eigenvalue weighted by Crippen LogP contribution is -2.42. The molecule has 1 aliphatic heterocycles. The fourth-order valence-corrected chi connectivity index (χ4v) is 2.30. The fraction of sp³-hybridized carbons (Fsp3) is 0.278. The minimum absolute atomic E-state index is 0.0226. The van der Waals surface area contributed by atoms with Gasteiger partial charge in [-0.05, 0) is 24.3 Å². The molecule has 1 amide bonds. The smallest absolute Gasteiger partial charge is 0.260 e. The zero-order chi connectivity index (χ0) is 15.9. The molecule has 5 nitrogen and oxygen atoms in total. The highest BCUT2D eigenvalue weighted by Crippen LogP contribution is 2.24. The highest BCUT2D eigenvalue weighted by atomic mass is 16.5. The summed E-state index contributed by atoms with van der Waals surface area (Å²) in [6.45, 7) is 2.45. The average molecular weight is 313 g/mol. The SMILES string of the molecule is O=C(COc1cccc(Oc2ccccc2)c1)N1CCOCC1. The summed E-state index contributed by atoms with van der Waals surface area (Å²) in [6.07, 6.45) is 0. The first-order valence-corrected chi connectivity index (χ1v) is 7.62. The van der Waals surface area contributed by atoms with Gasteiger partial charge in [0.25, 0.3) is 5.91 Å². The van der Waals surface area contributed by atoms with Crippen molar-refractivity contribution in [2.45, 2.75) is 0 Å². The van der Waals surface area contributed by atoms with Gasteiger partial charge in [-0.25, -0.2) is 0 Å². The molecule has 2 aromatic rings. The number of rotatable bonds is 5. The third kappa shape index (κ3) is 4.47. The Balaban J connectivity index is 1.56. The molecular formula is C18H19NO4. The normalized spacial score (nSPS) is 14.3. The van der Waals surface area contributed by atoms with E-state index in [4.69, 9.17) is 14.2 Å². The molecule has 120 valence electrons. The molecule has 0 aliphatic carbocycles. The molecular weight excluding hydrogens is 294 g/mol. The molecule has 5 heteroatoms. The molecule has 0 aromatic heterocycles.